The number of hydrogen-bond donors (Lipinski definition) is 2. The number of aromatic nitrogens is 2. The first-order chi connectivity index (χ1) is 11.7. The van der Waals surface area contributed by atoms with E-state index in [2.05, 4.69) is 39.7 Å². The number of nitrogens with one attached hydrogen (secondary N) is 2. The average Bonchev–Trinajstić information content (AvgIpc) is 2.61. The second kappa shape index (κ2) is 9.33. The summed E-state index contributed by atoms with van der Waals surface area (Å²) in [6.45, 7) is 5.85. The molecule has 0 bridgehead atoms. The van der Waals surface area contributed by atoms with Gasteiger partial charge in [-0.25, -0.2) is 4.98 Å². The van der Waals surface area contributed by atoms with Crippen molar-refractivity contribution >= 4 is 23.1 Å². The van der Waals surface area contributed by atoms with E-state index in [0.29, 0.717) is 5.95 Å². The quantitative estimate of drug-likeness (QED) is 0.476. The van der Waals surface area contributed by atoms with E-state index in [1.54, 1.807) is 6.20 Å². The standard InChI is InChI=1S/C20H20N4.W/c1-3-7-16-10-12-18(13-11-16)22-19-15(2)14-21-20(24-19)23-17-8-5-4-6-9-17;/h4-6,8-10,12-14H,1,3,7H2,2H3,(H2,21,22,23,24);/q-2;+2. The average molecular weight is 500 g/mol. The van der Waals surface area contributed by atoms with Crippen LogP contribution in [0.3, 0.4) is 0 Å². The minimum Gasteiger partial charge on any atom is -0.393 e. The number of benzene rings is 2. The first-order valence-electron chi connectivity index (χ1n) is 7.97. The first kappa shape index (κ1) is 19.1. The zero-order chi connectivity index (χ0) is 16.8. The molecule has 0 atom stereocenters. The third-order valence-electron chi connectivity index (χ3n) is 3.59. The zero-order valence-corrected chi connectivity index (χ0v) is 17.1. The topological polar surface area (TPSA) is 49.8 Å². The van der Waals surface area contributed by atoms with Gasteiger partial charge in [-0.05, 0) is 19.1 Å². The van der Waals surface area contributed by atoms with E-state index in [0.717, 1.165) is 35.6 Å². The first-order valence-corrected chi connectivity index (χ1v) is 7.97. The fourth-order valence-corrected chi connectivity index (χ4v) is 2.30. The molecule has 3 rings (SSSR count). The third kappa shape index (κ3) is 5.40. The van der Waals surface area contributed by atoms with Crippen molar-refractivity contribution in [2.24, 2.45) is 0 Å². The van der Waals surface area contributed by atoms with Gasteiger partial charge in [0.2, 0.25) is 5.95 Å². The van der Waals surface area contributed by atoms with Crippen LogP contribution >= 0.6 is 0 Å². The molecule has 3 aromatic rings. The normalized spacial score (nSPS) is 10.0. The van der Waals surface area contributed by atoms with Crippen molar-refractivity contribution in [3.63, 3.8) is 0 Å². The number of aryl methyl sites for hydroxylation is 2. The smallest absolute Gasteiger partial charge is 0.393 e. The Balaban J connectivity index is 0.00000225. The van der Waals surface area contributed by atoms with Gasteiger partial charge in [0, 0.05) is 17.4 Å². The van der Waals surface area contributed by atoms with E-state index in [-0.39, 0.29) is 21.1 Å². The van der Waals surface area contributed by atoms with Crippen LogP contribution in [0.2, 0.25) is 0 Å². The molecule has 0 aliphatic carbocycles. The summed E-state index contributed by atoms with van der Waals surface area (Å²) in [5.41, 5.74) is 4.06. The van der Waals surface area contributed by atoms with Crippen LogP contribution in [-0.2, 0) is 27.5 Å². The molecule has 0 saturated carbocycles. The number of nitrogens with zero attached hydrogens (tertiary/aromatic N) is 2. The van der Waals surface area contributed by atoms with Gasteiger partial charge in [0.1, 0.15) is 5.82 Å². The Morgan fingerprint density at radius 3 is 2.52 bits per heavy atom. The van der Waals surface area contributed by atoms with Gasteiger partial charge < -0.3 is 17.6 Å². The molecule has 2 aromatic carbocycles. The molecule has 2 N–H and O–H groups in total. The van der Waals surface area contributed by atoms with Crippen molar-refractivity contribution in [2.45, 2.75) is 19.8 Å². The summed E-state index contributed by atoms with van der Waals surface area (Å²) >= 11 is 0. The Bertz CT molecular complexity index is 789. The maximum absolute atomic E-state index is 4.56. The Labute approximate surface area is 163 Å². The molecule has 126 valence electrons. The number of para-hydroxylation sites is 1. The summed E-state index contributed by atoms with van der Waals surface area (Å²) in [6, 6.07) is 19.2. The van der Waals surface area contributed by atoms with Crippen molar-refractivity contribution in [2.75, 3.05) is 10.6 Å². The molecular weight excluding hydrogens is 480 g/mol. The van der Waals surface area contributed by atoms with Crippen molar-refractivity contribution in [3.8, 4) is 0 Å². The Morgan fingerprint density at radius 1 is 1.04 bits per heavy atom. The monoisotopic (exact) mass is 500 g/mol. The zero-order valence-electron chi connectivity index (χ0n) is 14.1. The van der Waals surface area contributed by atoms with Gasteiger partial charge in [0.15, 0.2) is 0 Å². The van der Waals surface area contributed by atoms with Crippen LogP contribution in [0.15, 0.2) is 54.7 Å². The molecule has 5 heteroatoms. The fourth-order valence-electron chi connectivity index (χ4n) is 2.30. The maximum Gasteiger partial charge on any atom is 2.00 e. The van der Waals surface area contributed by atoms with Crippen LogP contribution in [0.25, 0.3) is 0 Å². The van der Waals surface area contributed by atoms with Crippen molar-refractivity contribution in [1.82, 2.24) is 9.97 Å². The fraction of sp³-hybridized carbons (Fsp3) is 0.150. The molecule has 0 spiro atoms. The van der Waals surface area contributed by atoms with Gasteiger partial charge in [-0.15, -0.1) is 6.07 Å². The second-order valence-corrected chi connectivity index (χ2v) is 5.55. The summed E-state index contributed by atoms with van der Waals surface area (Å²) in [4.78, 5) is 8.90. The molecule has 4 nitrogen and oxygen atoms in total. The molecule has 0 saturated heterocycles. The van der Waals surface area contributed by atoms with Gasteiger partial charge >= 0.3 is 21.1 Å². The van der Waals surface area contributed by atoms with E-state index in [4.69, 9.17) is 0 Å². The maximum atomic E-state index is 4.56. The van der Waals surface area contributed by atoms with Crippen LogP contribution in [0.1, 0.15) is 17.5 Å². The minimum absolute atomic E-state index is 0. The van der Waals surface area contributed by atoms with Gasteiger partial charge in [-0.3, -0.25) is 0 Å². The molecule has 0 fully saturated rings. The molecule has 1 aromatic heterocycles. The van der Waals surface area contributed by atoms with Gasteiger partial charge in [0.05, 0.1) is 0 Å². The molecule has 0 aliphatic rings. The van der Waals surface area contributed by atoms with Crippen molar-refractivity contribution in [3.05, 3.63) is 78.8 Å². The predicted molar refractivity (Wildman–Crippen MR) is 98.7 cm³/mol. The molecule has 0 amide bonds. The minimum atomic E-state index is 0. The van der Waals surface area contributed by atoms with Crippen LogP contribution in [0, 0.1) is 19.9 Å². The Morgan fingerprint density at radius 2 is 1.84 bits per heavy atom. The molecular formula is C20H20N4W. The summed E-state index contributed by atoms with van der Waals surface area (Å²) in [5, 5.41) is 6.54. The van der Waals surface area contributed by atoms with E-state index < -0.39 is 0 Å². The Hall–Kier alpha value is -2.19. The van der Waals surface area contributed by atoms with Crippen LogP contribution < -0.4 is 10.6 Å². The number of hydrogen-bond acceptors (Lipinski definition) is 4. The van der Waals surface area contributed by atoms with E-state index in [1.165, 1.54) is 5.56 Å². The second-order valence-electron chi connectivity index (χ2n) is 5.55. The SMILES string of the molecule is [CH2-]CCc1[c-]cc(Nc2nc(Nc3ccccc3)ncc2C)cc1.[W+2]. The third-order valence-corrected chi connectivity index (χ3v) is 3.59. The van der Waals surface area contributed by atoms with Gasteiger partial charge in [-0.2, -0.15) is 35.2 Å². The van der Waals surface area contributed by atoms with Crippen LogP contribution in [0.4, 0.5) is 23.1 Å². The summed E-state index contributed by atoms with van der Waals surface area (Å²) in [6.07, 6.45) is 3.63. The molecule has 25 heavy (non-hydrogen) atoms. The largest absolute Gasteiger partial charge is 2.00 e. The Kier molecular flexibility index (Phi) is 7.14. The summed E-state index contributed by atoms with van der Waals surface area (Å²) in [7, 11) is 0. The number of rotatable bonds is 6. The molecule has 1 heterocycles. The van der Waals surface area contributed by atoms with Crippen molar-refractivity contribution < 1.29 is 21.1 Å². The van der Waals surface area contributed by atoms with Gasteiger partial charge in [0.25, 0.3) is 0 Å². The van der Waals surface area contributed by atoms with Gasteiger partial charge in [-0.1, -0.05) is 30.3 Å². The number of anilines is 4. The predicted octanol–water partition coefficient (Wildman–Crippen LogP) is 4.84. The van der Waals surface area contributed by atoms with E-state index in [9.17, 15) is 0 Å². The molecule has 0 radical (unpaired) electrons. The van der Waals surface area contributed by atoms with E-state index in [1.807, 2.05) is 49.4 Å². The summed E-state index contributed by atoms with van der Waals surface area (Å²) < 4.78 is 0. The molecule has 0 unspecified atom stereocenters. The summed E-state index contributed by atoms with van der Waals surface area (Å²) in [5.74, 6) is 1.34. The van der Waals surface area contributed by atoms with E-state index >= 15 is 0 Å². The van der Waals surface area contributed by atoms with Crippen molar-refractivity contribution in [1.29, 1.82) is 0 Å². The van der Waals surface area contributed by atoms with Crippen LogP contribution in [0.5, 0.6) is 0 Å². The molecule has 0 aliphatic heterocycles. The van der Waals surface area contributed by atoms with Crippen LogP contribution in [-0.4, -0.2) is 9.97 Å².